The van der Waals surface area contributed by atoms with Crippen LogP contribution in [0.2, 0.25) is 0 Å². The van der Waals surface area contributed by atoms with Gasteiger partial charge >= 0.3 is 11.8 Å². The van der Waals surface area contributed by atoms with E-state index in [1.165, 1.54) is 6.20 Å². The number of carbonyl (C=O) groups is 3. The third-order valence-corrected chi connectivity index (χ3v) is 3.06. The molecule has 1 aliphatic heterocycles. The van der Waals surface area contributed by atoms with Gasteiger partial charge in [-0.1, -0.05) is 6.07 Å². The van der Waals surface area contributed by atoms with Crippen LogP contribution < -0.4 is 16.0 Å². The SMILES string of the molecule is O=C(NC(=O)C1CCNCC1)C(=O)Nc1ccccn1. The van der Waals surface area contributed by atoms with Gasteiger partial charge in [-0.15, -0.1) is 0 Å². The monoisotopic (exact) mass is 276 g/mol. The van der Waals surface area contributed by atoms with Gasteiger partial charge in [-0.05, 0) is 38.1 Å². The summed E-state index contributed by atoms with van der Waals surface area (Å²) in [5, 5.41) is 7.57. The van der Waals surface area contributed by atoms with Crippen LogP contribution in [0, 0.1) is 5.92 Å². The molecule has 106 valence electrons. The van der Waals surface area contributed by atoms with Gasteiger partial charge in [-0.2, -0.15) is 0 Å². The molecular formula is C13H16N4O3. The van der Waals surface area contributed by atoms with Crippen LogP contribution in [0.1, 0.15) is 12.8 Å². The molecule has 0 atom stereocenters. The zero-order chi connectivity index (χ0) is 14.4. The van der Waals surface area contributed by atoms with Crippen LogP contribution in [0.15, 0.2) is 24.4 Å². The number of hydrogen-bond donors (Lipinski definition) is 3. The molecule has 2 heterocycles. The largest absolute Gasteiger partial charge is 0.317 e. The van der Waals surface area contributed by atoms with Gasteiger partial charge in [0, 0.05) is 12.1 Å². The number of rotatable bonds is 2. The Kier molecular flexibility index (Phi) is 4.78. The summed E-state index contributed by atoms with van der Waals surface area (Å²) in [7, 11) is 0. The fourth-order valence-electron chi connectivity index (χ4n) is 1.96. The quantitative estimate of drug-likeness (QED) is 0.642. The van der Waals surface area contributed by atoms with E-state index in [2.05, 4.69) is 20.9 Å². The first-order chi connectivity index (χ1) is 9.66. The molecule has 3 amide bonds. The Labute approximate surface area is 116 Å². The van der Waals surface area contributed by atoms with Gasteiger partial charge in [-0.3, -0.25) is 19.7 Å². The zero-order valence-electron chi connectivity index (χ0n) is 10.9. The Morgan fingerprint density at radius 2 is 1.90 bits per heavy atom. The van der Waals surface area contributed by atoms with E-state index < -0.39 is 17.7 Å². The van der Waals surface area contributed by atoms with E-state index in [0.29, 0.717) is 12.8 Å². The predicted molar refractivity (Wildman–Crippen MR) is 71.6 cm³/mol. The van der Waals surface area contributed by atoms with E-state index in [1.807, 2.05) is 0 Å². The van der Waals surface area contributed by atoms with Crippen molar-refractivity contribution in [3.63, 3.8) is 0 Å². The lowest BCUT2D eigenvalue weighted by atomic mass is 9.97. The maximum absolute atomic E-state index is 11.8. The molecule has 1 fully saturated rings. The maximum atomic E-state index is 11.8. The first kappa shape index (κ1) is 14.1. The molecule has 0 unspecified atom stereocenters. The number of imide groups is 1. The standard InChI is InChI=1S/C13H16N4O3/c18-11(9-4-7-14-8-5-9)17-13(20)12(19)16-10-3-1-2-6-15-10/h1-3,6,9,14H,4-5,7-8H2,(H,15,16,19)(H,17,18,20). The predicted octanol–water partition coefficient (Wildman–Crippen LogP) is -0.338. The number of hydrogen-bond acceptors (Lipinski definition) is 5. The highest BCUT2D eigenvalue weighted by molar-refractivity contribution is 6.41. The number of pyridine rings is 1. The van der Waals surface area contributed by atoms with Crippen LogP contribution in [0.4, 0.5) is 5.82 Å². The van der Waals surface area contributed by atoms with Gasteiger partial charge in [0.2, 0.25) is 5.91 Å². The van der Waals surface area contributed by atoms with Crippen LogP contribution in [-0.2, 0) is 14.4 Å². The van der Waals surface area contributed by atoms with Crippen molar-refractivity contribution in [3.05, 3.63) is 24.4 Å². The molecule has 0 bridgehead atoms. The molecule has 0 aromatic carbocycles. The number of amides is 3. The number of nitrogens with one attached hydrogen (secondary N) is 3. The number of aromatic nitrogens is 1. The van der Waals surface area contributed by atoms with Crippen molar-refractivity contribution in [3.8, 4) is 0 Å². The van der Waals surface area contributed by atoms with Crippen molar-refractivity contribution in [2.75, 3.05) is 18.4 Å². The Morgan fingerprint density at radius 3 is 2.55 bits per heavy atom. The van der Waals surface area contributed by atoms with Crippen LogP contribution in [0.5, 0.6) is 0 Å². The summed E-state index contributed by atoms with van der Waals surface area (Å²) in [6.45, 7) is 1.48. The van der Waals surface area contributed by atoms with Crippen molar-refractivity contribution >= 4 is 23.5 Å². The number of piperidine rings is 1. The highest BCUT2D eigenvalue weighted by atomic mass is 16.2. The molecular weight excluding hydrogens is 260 g/mol. The average Bonchev–Trinajstić information content (AvgIpc) is 2.49. The number of nitrogens with zero attached hydrogens (tertiary/aromatic N) is 1. The fraction of sp³-hybridized carbons (Fsp3) is 0.385. The lowest BCUT2D eigenvalue weighted by Crippen LogP contribution is -2.44. The normalized spacial score (nSPS) is 15.4. The van der Waals surface area contributed by atoms with E-state index >= 15 is 0 Å². The highest BCUT2D eigenvalue weighted by Crippen LogP contribution is 2.11. The molecule has 1 aromatic heterocycles. The van der Waals surface area contributed by atoms with E-state index in [4.69, 9.17) is 0 Å². The molecule has 0 spiro atoms. The Hall–Kier alpha value is -2.28. The van der Waals surface area contributed by atoms with Crippen molar-refractivity contribution in [1.82, 2.24) is 15.6 Å². The highest BCUT2D eigenvalue weighted by Gasteiger charge is 2.25. The van der Waals surface area contributed by atoms with Gasteiger partial charge in [0.1, 0.15) is 5.82 Å². The molecule has 0 saturated carbocycles. The lowest BCUT2D eigenvalue weighted by molar-refractivity contribution is -0.141. The minimum atomic E-state index is -0.959. The van der Waals surface area contributed by atoms with E-state index in [1.54, 1.807) is 18.2 Å². The number of anilines is 1. The van der Waals surface area contributed by atoms with Gasteiger partial charge in [0.15, 0.2) is 0 Å². The summed E-state index contributed by atoms with van der Waals surface area (Å²) in [6.07, 6.45) is 2.83. The molecule has 0 aliphatic carbocycles. The molecule has 1 aromatic rings. The Morgan fingerprint density at radius 1 is 1.15 bits per heavy atom. The topological polar surface area (TPSA) is 100 Å². The smallest absolute Gasteiger partial charge is 0.316 e. The van der Waals surface area contributed by atoms with Crippen LogP contribution in [0.3, 0.4) is 0 Å². The third kappa shape index (κ3) is 3.86. The van der Waals surface area contributed by atoms with Gasteiger partial charge in [0.25, 0.3) is 0 Å². The summed E-state index contributed by atoms with van der Waals surface area (Å²) in [5.41, 5.74) is 0. The summed E-state index contributed by atoms with van der Waals surface area (Å²) in [6, 6.07) is 4.93. The molecule has 2 rings (SSSR count). The second-order valence-electron chi connectivity index (χ2n) is 4.51. The Bertz CT molecular complexity index is 498. The van der Waals surface area contributed by atoms with Crippen molar-refractivity contribution in [2.24, 2.45) is 5.92 Å². The van der Waals surface area contributed by atoms with Crippen molar-refractivity contribution in [2.45, 2.75) is 12.8 Å². The molecule has 1 saturated heterocycles. The van der Waals surface area contributed by atoms with E-state index in [9.17, 15) is 14.4 Å². The first-order valence-electron chi connectivity index (χ1n) is 6.45. The van der Waals surface area contributed by atoms with E-state index in [-0.39, 0.29) is 11.7 Å². The molecule has 0 radical (unpaired) electrons. The molecule has 1 aliphatic rings. The van der Waals surface area contributed by atoms with Crippen LogP contribution in [0.25, 0.3) is 0 Å². The minimum Gasteiger partial charge on any atom is -0.317 e. The Balaban J connectivity index is 1.84. The van der Waals surface area contributed by atoms with Gasteiger partial charge in [-0.25, -0.2) is 4.98 Å². The molecule has 7 nitrogen and oxygen atoms in total. The second-order valence-corrected chi connectivity index (χ2v) is 4.51. The van der Waals surface area contributed by atoms with Crippen LogP contribution >= 0.6 is 0 Å². The number of carbonyl (C=O) groups excluding carboxylic acids is 3. The van der Waals surface area contributed by atoms with E-state index in [0.717, 1.165) is 13.1 Å². The second kappa shape index (κ2) is 6.76. The summed E-state index contributed by atoms with van der Waals surface area (Å²) < 4.78 is 0. The first-order valence-corrected chi connectivity index (χ1v) is 6.45. The van der Waals surface area contributed by atoms with Crippen LogP contribution in [-0.4, -0.2) is 35.8 Å². The third-order valence-electron chi connectivity index (χ3n) is 3.06. The van der Waals surface area contributed by atoms with Gasteiger partial charge < -0.3 is 10.6 Å². The van der Waals surface area contributed by atoms with Crippen molar-refractivity contribution < 1.29 is 14.4 Å². The zero-order valence-corrected chi connectivity index (χ0v) is 10.9. The molecule has 3 N–H and O–H groups in total. The molecule has 20 heavy (non-hydrogen) atoms. The summed E-state index contributed by atoms with van der Waals surface area (Å²) in [5.74, 6) is -2.21. The lowest BCUT2D eigenvalue weighted by Gasteiger charge is -2.21. The average molecular weight is 276 g/mol. The van der Waals surface area contributed by atoms with Crippen molar-refractivity contribution in [1.29, 1.82) is 0 Å². The molecule has 7 heteroatoms. The summed E-state index contributed by atoms with van der Waals surface area (Å²) in [4.78, 5) is 38.9. The maximum Gasteiger partial charge on any atom is 0.316 e. The van der Waals surface area contributed by atoms with Gasteiger partial charge in [0.05, 0.1) is 0 Å². The fourth-order valence-corrected chi connectivity index (χ4v) is 1.96. The summed E-state index contributed by atoms with van der Waals surface area (Å²) >= 11 is 0. The minimum absolute atomic E-state index is 0.220.